The predicted molar refractivity (Wildman–Crippen MR) is 152 cm³/mol. The summed E-state index contributed by atoms with van der Waals surface area (Å²) in [4.78, 5) is 54.5. The summed E-state index contributed by atoms with van der Waals surface area (Å²) >= 11 is 3.30. The molecule has 41 heavy (non-hydrogen) atoms. The third-order valence-electron chi connectivity index (χ3n) is 5.70. The molecule has 0 heterocycles. The van der Waals surface area contributed by atoms with E-state index in [0.29, 0.717) is 0 Å². The first-order valence-corrected chi connectivity index (χ1v) is 13.0. The number of rotatable bonds is 10. The average molecular weight is 615 g/mol. The molecule has 4 rings (SSSR count). The fourth-order valence-electron chi connectivity index (χ4n) is 3.59. The highest BCUT2D eigenvalue weighted by Crippen LogP contribution is 2.34. The number of halogens is 1. The number of ether oxygens (including phenoxy) is 4. The fraction of sp³-hybridized carbons (Fsp3) is 0.0625. The minimum atomic E-state index is -2.81. The third kappa shape index (κ3) is 7.34. The maximum absolute atomic E-state index is 13.8. The van der Waals surface area contributed by atoms with Crippen molar-refractivity contribution in [1.82, 2.24) is 0 Å². The van der Waals surface area contributed by atoms with Crippen LogP contribution in [0.15, 0.2) is 132 Å². The van der Waals surface area contributed by atoms with Crippen molar-refractivity contribution in [3.8, 4) is 23.0 Å². The van der Waals surface area contributed by atoms with Crippen molar-refractivity contribution in [3.63, 3.8) is 0 Å². The van der Waals surface area contributed by atoms with Crippen LogP contribution in [0.1, 0.15) is 6.42 Å². The Bertz CT molecular complexity index is 1410. The van der Waals surface area contributed by atoms with E-state index in [1.54, 1.807) is 66.7 Å². The number of carbonyl (C=O) groups is 4. The van der Waals surface area contributed by atoms with Crippen molar-refractivity contribution in [2.45, 2.75) is 6.42 Å². The van der Waals surface area contributed by atoms with Gasteiger partial charge in [0.15, 0.2) is 0 Å². The lowest BCUT2D eigenvalue weighted by molar-refractivity contribution is -0.171. The molecule has 0 saturated heterocycles. The standard InChI is InChI=1S/C32H23BrO8/c1-22(28(34)38-27-19-17-23(33)18-20-27)21-32(29(35)39-24-11-5-2-6-12-24,30(36)40-25-13-7-3-8-14-25)31(37)41-26-15-9-4-10-16-26/h2-20H,1,21H2. The molecule has 4 aromatic rings. The van der Waals surface area contributed by atoms with Crippen molar-refractivity contribution < 1.29 is 38.1 Å². The van der Waals surface area contributed by atoms with Gasteiger partial charge in [0.1, 0.15) is 23.0 Å². The second-order valence-electron chi connectivity index (χ2n) is 8.64. The minimum absolute atomic E-state index is 0.0462. The first-order chi connectivity index (χ1) is 19.8. The van der Waals surface area contributed by atoms with E-state index in [0.717, 1.165) is 4.47 Å². The Kier molecular flexibility index (Phi) is 9.44. The third-order valence-corrected chi connectivity index (χ3v) is 6.23. The summed E-state index contributed by atoms with van der Waals surface area (Å²) in [6.07, 6.45) is -0.856. The zero-order valence-electron chi connectivity index (χ0n) is 21.5. The number of hydrogen-bond donors (Lipinski definition) is 0. The average Bonchev–Trinajstić information content (AvgIpc) is 2.98. The van der Waals surface area contributed by atoms with Crippen LogP contribution in [0.5, 0.6) is 23.0 Å². The predicted octanol–water partition coefficient (Wildman–Crippen LogP) is 6.10. The topological polar surface area (TPSA) is 105 Å². The molecule has 8 nitrogen and oxygen atoms in total. The Morgan fingerprint density at radius 3 is 1.24 bits per heavy atom. The summed E-state index contributed by atoms with van der Waals surface area (Å²) in [5, 5.41) is 0. The zero-order chi connectivity index (χ0) is 29.2. The van der Waals surface area contributed by atoms with E-state index in [2.05, 4.69) is 22.5 Å². The molecular weight excluding hydrogens is 592 g/mol. The molecule has 0 amide bonds. The lowest BCUT2D eigenvalue weighted by Crippen LogP contribution is -2.53. The molecule has 0 radical (unpaired) electrons. The van der Waals surface area contributed by atoms with Gasteiger partial charge in [0.2, 0.25) is 0 Å². The molecule has 0 aliphatic carbocycles. The van der Waals surface area contributed by atoms with Crippen LogP contribution in [-0.4, -0.2) is 23.9 Å². The largest absolute Gasteiger partial charge is 0.425 e. The van der Waals surface area contributed by atoms with Gasteiger partial charge >= 0.3 is 23.9 Å². The van der Waals surface area contributed by atoms with Crippen molar-refractivity contribution in [3.05, 3.63) is 132 Å². The smallest absolute Gasteiger partial charge is 0.340 e. The summed E-state index contributed by atoms with van der Waals surface area (Å²) in [7, 11) is 0. The van der Waals surface area contributed by atoms with E-state index in [1.165, 1.54) is 48.5 Å². The quantitative estimate of drug-likeness (QED) is 0.0912. The number of esters is 4. The molecule has 206 valence electrons. The number of para-hydroxylation sites is 3. The van der Waals surface area contributed by atoms with E-state index in [-0.39, 0.29) is 28.6 Å². The SMILES string of the molecule is C=C(CC(C(=O)Oc1ccccc1)(C(=O)Oc1ccccc1)C(=O)Oc1ccccc1)C(=O)Oc1ccc(Br)cc1. The van der Waals surface area contributed by atoms with Crippen LogP contribution in [-0.2, 0) is 19.2 Å². The molecule has 0 aliphatic heterocycles. The molecule has 4 aromatic carbocycles. The van der Waals surface area contributed by atoms with E-state index in [4.69, 9.17) is 18.9 Å². The number of hydrogen-bond acceptors (Lipinski definition) is 8. The van der Waals surface area contributed by atoms with Gasteiger partial charge in [-0.15, -0.1) is 0 Å². The van der Waals surface area contributed by atoms with Crippen LogP contribution in [0.2, 0.25) is 0 Å². The Labute approximate surface area is 244 Å². The molecule has 0 aliphatic rings. The second-order valence-corrected chi connectivity index (χ2v) is 9.55. The molecule has 0 bridgehead atoms. The van der Waals surface area contributed by atoms with Crippen LogP contribution >= 0.6 is 15.9 Å². The summed E-state index contributed by atoms with van der Waals surface area (Å²) in [5.74, 6) is -4.66. The van der Waals surface area contributed by atoms with Crippen LogP contribution in [0.3, 0.4) is 0 Å². The van der Waals surface area contributed by atoms with Crippen molar-refractivity contribution in [2.24, 2.45) is 5.41 Å². The zero-order valence-corrected chi connectivity index (χ0v) is 23.1. The monoisotopic (exact) mass is 614 g/mol. The van der Waals surface area contributed by atoms with Crippen LogP contribution < -0.4 is 18.9 Å². The molecular formula is C32H23BrO8. The van der Waals surface area contributed by atoms with E-state index in [9.17, 15) is 19.2 Å². The van der Waals surface area contributed by atoms with Crippen LogP contribution in [0, 0.1) is 5.41 Å². The summed E-state index contributed by atoms with van der Waals surface area (Å²) in [6, 6.07) is 29.8. The molecule has 0 fully saturated rings. The number of carbonyl (C=O) groups excluding carboxylic acids is 4. The second kappa shape index (κ2) is 13.4. The number of benzene rings is 4. The van der Waals surface area contributed by atoms with E-state index >= 15 is 0 Å². The lowest BCUT2D eigenvalue weighted by atomic mass is 9.81. The molecule has 0 aromatic heterocycles. The van der Waals surface area contributed by atoms with Gasteiger partial charge in [0.05, 0.1) is 0 Å². The Balaban J connectivity index is 1.74. The highest BCUT2D eigenvalue weighted by atomic mass is 79.9. The summed E-state index contributed by atoms with van der Waals surface area (Å²) in [5.41, 5.74) is -3.19. The Morgan fingerprint density at radius 1 is 0.537 bits per heavy atom. The van der Waals surface area contributed by atoms with Gasteiger partial charge in [-0.25, -0.2) is 19.2 Å². The van der Waals surface area contributed by atoms with Gasteiger partial charge in [-0.2, -0.15) is 0 Å². The minimum Gasteiger partial charge on any atom is -0.425 e. The van der Waals surface area contributed by atoms with Gasteiger partial charge < -0.3 is 18.9 Å². The molecule has 0 unspecified atom stereocenters. The molecule has 0 N–H and O–H groups in total. The van der Waals surface area contributed by atoms with Crippen LogP contribution in [0.25, 0.3) is 0 Å². The molecule has 0 saturated carbocycles. The van der Waals surface area contributed by atoms with Gasteiger partial charge in [-0.1, -0.05) is 77.1 Å². The summed E-state index contributed by atoms with van der Waals surface area (Å²) < 4.78 is 22.5. The maximum Gasteiger partial charge on any atom is 0.340 e. The molecule has 0 spiro atoms. The van der Waals surface area contributed by atoms with E-state index < -0.39 is 35.7 Å². The normalized spacial score (nSPS) is 10.7. The van der Waals surface area contributed by atoms with Crippen LogP contribution in [0.4, 0.5) is 0 Å². The molecule has 0 atom stereocenters. The first kappa shape index (κ1) is 29.0. The van der Waals surface area contributed by atoms with Crippen molar-refractivity contribution in [2.75, 3.05) is 0 Å². The molecule has 9 heteroatoms. The van der Waals surface area contributed by atoms with E-state index in [1.807, 2.05) is 0 Å². The van der Waals surface area contributed by atoms with Crippen molar-refractivity contribution in [1.29, 1.82) is 0 Å². The summed E-state index contributed by atoms with van der Waals surface area (Å²) in [6.45, 7) is 3.71. The fourth-order valence-corrected chi connectivity index (χ4v) is 3.85. The van der Waals surface area contributed by atoms with Gasteiger partial charge in [0, 0.05) is 16.5 Å². The van der Waals surface area contributed by atoms with Crippen molar-refractivity contribution >= 4 is 39.8 Å². The Hall–Kier alpha value is -5.02. The van der Waals surface area contributed by atoms with Gasteiger partial charge in [-0.3, -0.25) is 0 Å². The maximum atomic E-state index is 13.8. The lowest BCUT2D eigenvalue weighted by Gasteiger charge is -2.27. The van der Waals surface area contributed by atoms with Gasteiger partial charge in [0.25, 0.3) is 5.41 Å². The highest BCUT2D eigenvalue weighted by molar-refractivity contribution is 9.10. The highest BCUT2D eigenvalue weighted by Gasteiger charge is 2.59. The Morgan fingerprint density at radius 2 is 0.878 bits per heavy atom. The van der Waals surface area contributed by atoms with Gasteiger partial charge in [-0.05, 0) is 60.7 Å². The first-order valence-electron chi connectivity index (χ1n) is 12.3.